The number of hydrogen-bond acceptors (Lipinski definition) is 6. The van der Waals surface area contributed by atoms with Gasteiger partial charge >= 0.3 is 0 Å². The van der Waals surface area contributed by atoms with Gasteiger partial charge in [-0.15, -0.1) is 0 Å². The Morgan fingerprint density at radius 2 is 1.21 bits per heavy atom. The van der Waals surface area contributed by atoms with Crippen LogP contribution in [0.3, 0.4) is 0 Å². The Morgan fingerprint density at radius 3 is 1.84 bits per heavy atom. The van der Waals surface area contributed by atoms with Gasteiger partial charge in [-0.1, -0.05) is 123 Å². The molecule has 0 aromatic heterocycles. The number of allylic oxidation sites excluding steroid dienone is 12. The van der Waals surface area contributed by atoms with E-state index in [2.05, 4.69) is 110 Å². The van der Waals surface area contributed by atoms with Crippen molar-refractivity contribution in [2.24, 2.45) is 0 Å². The maximum Gasteiger partial charge on any atom is 0.264 e. The molecule has 0 aliphatic carbocycles. The van der Waals surface area contributed by atoms with Crippen LogP contribution in [0.2, 0.25) is 0 Å². The molecule has 8 nitrogen and oxygen atoms in total. The summed E-state index contributed by atoms with van der Waals surface area (Å²) >= 11 is 0. The molecule has 2 aliphatic heterocycles. The van der Waals surface area contributed by atoms with Crippen molar-refractivity contribution in [3.8, 4) is 0 Å². The standard InChI is InChI=1S/C47H52N2O6S2/c1-46(2)42(48(32-18-20-34-56(50,51)52)40-30-28-36-22-14-16-24-38(36)44(40)46)26-12-10-8-6-5-7-9-11-13-27-43-47(3,4)45-39-25-17-15-23-37(39)29-31-41(45)49(43)33-19-21-35-57(53,54)55/h5-17,22-31H,18-21,32-35H2,1-4H3,(H-,50,51,52,53,54,55). The highest BCUT2D eigenvalue weighted by atomic mass is 32.2. The van der Waals surface area contributed by atoms with Crippen LogP contribution in [0.5, 0.6) is 0 Å². The quantitative estimate of drug-likeness (QED) is 0.0519. The van der Waals surface area contributed by atoms with Gasteiger partial charge in [-0.2, -0.15) is 13.0 Å². The Hall–Kier alpha value is -4.87. The number of fused-ring (bicyclic) bond motifs is 6. The molecule has 2 heterocycles. The number of nitrogens with zero attached hydrogens (tertiary/aromatic N) is 2. The highest BCUT2D eigenvalue weighted by molar-refractivity contribution is 7.85. The number of benzene rings is 4. The predicted molar refractivity (Wildman–Crippen MR) is 234 cm³/mol. The molecule has 0 spiro atoms. The van der Waals surface area contributed by atoms with E-state index in [9.17, 15) is 25.9 Å². The Balaban J connectivity index is 1.14. The zero-order valence-electron chi connectivity index (χ0n) is 33.1. The number of unbranched alkanes of at least 4 members (excludes halogenated alkanes) is 2. The minimum Gasteiger partial charge on any atom is -0.748 e. The molecule has 0 fully saturated rings. The summed E-state index contributed by atoms with van der Waals surface area (Å²) in [5, 5.41) is 4.75. The largest absolute Gasteiger partial charge is 0.748 e. The second kappa shape index (κ2) is 17.3. The van der Waals surface area contributed by atoms with Crippen molar-refractivity contribution in [2.45, 2.75) is 64.2 Å². The SMILES string of the molecule is CC1(C)C(/C=C/C=C/C=C/C=C/C=C/C=C2/N(CCCCS(=O)(=O)[O-])c3ccc4ccccc4c3C2(C)C)=[N+](CCCCS(=O)(=O)O)c2ccc3ccccc3c21. The van der Waals surface area contributed by atoms with Gasteiger partial charge in [0.2, 0.25) is 5.69 Å². The molecular weight excluding hydrogens is 753 g/mol. The van der Waals surface area contributed by atoms with Crippen molar-refractivity contribution in [1.29, 1.82) is 0 Å². The fraction of sp³-hybridized carbons (Fsp3) is 0.298. The highest BCUT2D eigenvalue weighted by Gasteiger charge is 2.45. The average Bonchev–Trinajstić information content (AvgIpc) is 3.51. The predicted octanol–water partition coefficient (Wildman–Crippen LogP) is 9.83. The zero-order chi connectivity index (χ0) is 40.8. The number of anilines is 1. The van der Waals surface area contributed by atoms with Crippen LogP contribution in [-0.4, -0.2) is 60.8 Å². The van der Waals surface area contributed by atoms with Gasteiger partial charge in [0.1, 0.15) is 6.54 Å². The van der Waals surface area contributed by atoms with Crippen LogP contribution in [0, 0.1) is 0 Å². The molecule has 10 heteroatoms. The third kappa shape index (κ3) is 9.64. The van der Waals surface area contributed by atoms with E-state index < -0.39 is 20.2 Å². The van der Waals surface area contributed by atoms with Gasteiger partial charge in [0.25, 0.3) is 10.1 Å². The molecular formula is C47H52N2O6S2. The molecule has 0 saturated heterocycles. The molecule has 0 atom stereocenters. The van der Waals surface area contributed by atoms with Crippen LogP contribution in [0.4, 0.5) is 11.4 Å². The fourth-order valence-electron chi connectivity index (χ4n) is 8.40. The Labute approximate surface area is 338 Å². The third-order valence-electron chi connectivity index (χ3n) is 11.0. The van der Waals surface area contributed by atoms with Gasteiger partial charge in [0.15, 0.2) is 5.71 Å². The van der Waals surface area contributed by atoms with E-state index >= 15 is 0 Å². The summed E-state index contributed by atoms with van der Waals surface area (Å²) in [4.78, 5) is 2.26. The molecule has 0 bridgehead atoms. The van der Waals surface area contributed by atoms with Crippen LogP contribution < -0.4 is 4.90 Å². The molecule has 298 valence electrons. The van der Waals surface area contributed by atoms with E-state index in [0.29, 0.717) is 38.8 Å². The van der Waals surface area contributed by atoms with E-state index in [0.717, 1.165) is 22.8 Å². The summed E-state index contributed by atoms with van der Waals surface area (Å²) in [6.45, 7) is 10.1. The van der Waals surface area contributed by atoms with Gasteiger partial charge < -0.3 is 9.45 Å². The van der Waals surface area contributed by atoms with E-state index in [-0.39, 0.29) is 22.3 Å². The van der Waals surface area contributed by atoms with Crippen LogP contribution in [0.25, 0.3) is 21.5 Å². The summed E-state index contributed by atoms with van der Waals surface area (Å²) in [6.07, 6.45) is 24.1. The van der Waals surface area contributed by atoms with Crippen LogP contribution in [-0.2, 0) is 31.1 Å². The van der Waals surface area contributed by atoms with Gasteiger partial charge in [-0.05, 0) is 78.4 Å². The van der Waals surface area contributed by atoms with E-state index in [1.165, 1.54) is 32.7 Å². The minimum atomic E-state index is -4.25. The van der Waals surface area contributed by atoms with E-state index in [4.69, 9.17) is 0 Å². The molecule has 2 aliphatic rings. The lowest BCUT2D eigenvalue weighted by Gasteiger charge is -2.27. The molecule has 6 rings (SSSR count). The monoisotopic (exact) mass is 804 g/mol. The van der Waals surface area contributed by atoms with Crippen molar-refractivity contribution >= 4 is 58.9 Å². The molecule has 1 N–H and O–H groups in total. The molecule has 0 amide bonds. The lowest BCUT2D eigenvalue weighted by molar-refractivity contribution is -0.438. The second-order valence-corrected chi connectivity index (χ2v) is 18.8. The smallest absolute Gasteiger partial charge is 0.264 e. The van der Waals surface area contributed by atoms with Crippen molar-refractivity contribution in [2.75, 3.05) is 29.5 Å². The van der Waals surface area contributed by atoms with Crippen LogP contribution in [0.1, 0.15) is 64.5 Å². The zero-order valence-corrected chi connectivity index (χ0v) is 34.8. The molecule has 57 heavy (non-hydrogen) atoms. The minimum absolute atomic E-state index is 0.247. The first kappa shape index (κ1) is 41.8. The lowest BCUT2D eigenvalue weighted by atomic mass is 9.79. The summed E-state index contributed by atoms with van der Waals surface area (Å²) in [5.74, 6) is -0.604. The Morgan fingerprint density at radius 1 is 0.649 bits per heavy atom. The second-order valence-electron chi connectivity index (χ2n) is 15.7. The average molecular weight is 805 g/mol. The van der Waals surface area contributed by atoms with E-state index in [1.54, 1.807) is 0 Å². The number of rotatable bonds is 16. The van der Waals surface area contributed by atoms with Gasteiger partial charge in [-0.3, -0.25) is 4.55 Å². The Kier molecular flexibility index (Phi) is 12.7. The first-order chi connectivity index (χ1) is 27.1. The van der Waals surface area contributed by atoms with Crippen molar-refractivity contribution in [1.82, 2.24) is 0 Å². The Bertz CT molecular complexity index is 2590. The third-order valence-corrected chi connectivity index (χ3v) is 12.6. The fourth-order valence-corrected chi connectivity index (χ4v) is 9.52. The first-order valence-electron chi connectivity index (χ1n) is 19.5. The maximum atomic E-state index is 11.3. The molecule has 4 aromatic rings. The molecule has 0 radical (unpaired) electrons. The summed E-state index contributed by atoms with van der Waals surface area (Å²) in [5.41, 5.74) is 6.39. The van der Waals surface area contributed by atoms with Gasteiger partial charge in [-0.25, -0.2) is 8.42 Å². The van der Waals surface area contributed by atoms with E-state index in [1.807, 2.05) is 66.8 Å². The highest BCUT2D eigenvalue weighted by Crippen LogP contribution is 2.51. The van der Waals surface area contributed by atoms with Gasteiger partial charge in [0, 0.05) is 53.2 Å². The number of hydrogen-bond donors (Lipinski definition) is 1. The summed E-state index contributed by atoms with van der Waals surface area (Å²) in [7, 11) is -8.25. The van der Waals surface area contributed by atoms with Crippen LogP contribution >= 0.6 is 0 Å². The van der Waals surface area contributed by atoms with Crippen molar-refractivity contribution < 1.29 is 30.5 Å². The molecule has 4 aromatic carbocycles. The van der Waals surface area contributed by atoms with Crippen molar-refractivity contribution in [3.05, 3.63) is 156 Å². The normalized spacial score (nSPS) is 17.6. The summed E-state index contributed by atoms with van der Waals surface area (Å²) < 4.78 is 67.9. The van der Waals surface area contributed by atoms with Crippen molar-refractivity contribution in [3.63, 3.8) is 0 Å². The first-order valence-corrected chi connectivity index (χ1v) is 22.7. The summed E-state index contributed by atoms with van der Waals surface area (Å²) in [6, 6.07) is 25.3. The maximum absolute atomic E-state index is 11.3. The molecule has 0 unspecified atom stereocenters. The van der Waals surface area contributed by atoms with Crippen LogP contribution in [0.15, 0.2) is 145 Å². The lowest BCUT2D eigenvalue weighted by Crippen LogP contribution is -2.28. The van der Waals surface area contributed by atoms with Gasteiger partial charge in [0.05, 0.1) is 21.3 Å². The molecule has 0 saturated carbocycles. The topological polar surface area (TPSA) is 118 Å².